The quantitative estimate of drug-likeness (QED) is 0.580. The van der Waals surface area contributed by atoms with E-state index in [4.69, 9.17) is 9.47 Å². The zero-order chi connectivity index (χ0) is 22.4. The molecule has 0 aliphatic carbocycles. The van der Waals surface area contributed by atoms with Crippen LogP contribution in [0.1, 0.15) is 44.8 Å². The topological polar surface area (TPSA) is 76.7 Å². The predicted molar refractivity (Wildman–Crippen MR) is 121 cm³/mol. The maximum atomic E-state index is 13.0. The van der Waals surface area contributed by atoms with Gasteiger partial charge in [-0.3, -0.25) is 9.59 Å². The highest BCUT2D eigenvalue weighted by Gasteiger charge is 2.19. The van der Waals surface area contributed by atoms with Gasteiger partial charge in [0.25, 0.3) is 11.8 Å². The van der Waals surface area contributed by atoms with Crippen LogP contribution in [0.15, 0.2) is 66.7 Å². The number of methoxy groups -OCH3 is 2. The van der Waals surface area contributed by atoms with E-state index in [1.54, 1.807) is 62.8 Å². The number of benzene rings is 3. The first-order valence-electron chi connectivity index (χ1n) is 9.93. The van der Waals surface area contributed by atoms with Crippen molar-refractivity contribution in [2.45, 2.75) is 19.9 Å². The number of carbonyl (C=O) groups is 2. The summed E-state index contributed by atoms with van der Waals surface area (Å²) in [6.45, 7) is 3.85. The summed E-state index contributed by atoms with van der Waals surface area (Å²) in [4.78, 5) is 25.6. The molecule has 0 saturated heterocycles. The summed E-state index contributed by atoms with van der Waals surface area (Å²) in [6, 6.07) is 19.3. The van der Waals surface area contributed by atoms with Gasteiger partial charge in [-0.05, 0) is 61.4 Å². The molecule has 0 radical (unpaired) electrons. The monoisotopic (exact) mass is 418 g/mol. The van der Waals surface area contributed by atoms with Gasteiger partial charge in [0, 0.05) is 5.56 Å². The highest BCUT2D eigenvalue weighted by molar-refractivity contribution is 6.09. The fourth-order valence-electron chi connectivity index (χ4n) is 3.39. The van der Waals surface area contributed by atoms with Crippen molar-refractivity contribution in [1.82, 2.24) is 5.32 Å². The van der Waals surface area contributed by atoms with Gasteiger partial charge in [0.1, 0.15) is 0 Å². The van der Waals surface area contributed by atoms with Crippen molar-refractivity contribution in [3.63, 3.8) is 0 Å². The maximum absolute atomic E-state index is 13.0. The van der Waals surface area contributed by atoms with E-state index in [9.17, 15) is 9.59 Å². The Morgan fingerprint density at radius 2 is 1.45 bits per heavy atom. The lowest BCUT2D eigenvalue weighted by molar-refractivity contribution is 0.0940. The SMILES string of the molecule is COc1cc(C)c(C(C)NC(=O)c2ccccc2NC(=O)c2ccccc2)cc1OC. The van der Waals surface area contributed by atoms with Crippen LogP contribution in [-0.2, 0) is 0 Å². The number of anilines is 1. The van der Waals surface area contributed by atoms with E-state index in [1.807, 2.05) is 32.0 Å². The van der Waals surface area contributed by atoms with Crippen LogP contribution in [0.5, 0.6) is 11.5 Å². The minimum atomic E-state index is -0.287. The molecule has 6 nitrogen and oxygen atoms in total. The third-order valence-electron chi connectivity index (χ3n) is 5.04. The average molecular weight is 418 g/mol. The summed E-state index contributed by atoms with van der Waals surface area (Å²) >= 11 is 0. The van der Waals surface area contributed by atoms with Gasteiger partial charge in [-0.2, -0.15) is 0 Å². The van der Waals surface area contributed by atoms with Gasteiger partial charge in [0.15, 0.2) is 11.5 Å². The number of nitrogens with one attached hydrogen (secondary N) is 2. The van der Waals surface area contributed by atoms with E-state index in [0.717, 1.165) is 11.1 Å². The van der Waals surface area contributed by atoms with Gasteiger partial charge < -0.3 is 20.1 Å². The molecule has 0 heterocycles. The number of hydrogen-bond acceptors (Lipinski definition) is 4. The van der Waals surface area contributed by atoms with E-state index in [-0.39, 0.29) is 17.9 Å². The second-order valence-corrected chi connectivity index (χ2v) is 7.12. The second-order valence-electron chi connectivity index (χ2n) is 7.12. The Labute approximate surface area is 182 Å². The van der Waals surface area contributed by atoms with Gasteiger partial charge in [-0.15, -0.1) is 0 Å². The van der Waals surface area contributed by atoms with Crippen LogP contribution in [-0.4, -0.2) is 26.0 Å². The Balaban J connectivity index is 1.81. The van der Waals surface area contributed by atoms with Gasteiger partial charge >= 0.3 is 0 Å². The van der Waals surface area contributed by atoms with Crippen LogP contribution in [0.4, 0.5) is 5.69 Å². The van der Waals surface area contributed by atoms with Gasteiger partial charge in [-0.25, -0.2) is 0 Å². The van der Waals surface area contributed by atoms with E-state index < -0.39 is 0 Å². The molecule has 0 bridgehead atoms. The lowest BCUT2D eigenvalue weighted by atomic mass is 10.0. The number of rotatable bonds is 7. The maximum Gasteiger partial charge on any atom is 0.255 e. The van der Waals surface area contributed by atoms with Crippen molar-refractivity contribution < 1.29 is 19.1 Å². The van der Waals surface area contributed by atoms with E-state index >= 15 is 0 Å². The fraction of sp³-hybridized carbons (Fsp3) is 0.200. The Hall–Kier alpha value is -3.80. The highest BCUT2D eigenvalue weighted by Crippen LogP contribution is 2.33. The van der Waals surface area contributed by atoms with Crippen molar-refractivity contribution >= 4 is 17.5 Å². The van der Waals surface area contributed by atoms with Crippen LogP contribution in [0.2, 0.25) is 0 Å². The minimum Gasteiger partial charge on any atom is -0.493 e. The first-order valence-corrected chi connectivity index (χ1v) is 9.93. The Morgan fingerprint density at radius 3 is 2.13 bits per heavy atom. The molecule has 0 aliphatic heterocycles. The van der Waals surface area contributed by atoms with E-state index in [1.165, 1.54) is 0 Å². The summed E-state index contributed by atoms with van der Waals surface area (Å²) in [5.74, 6) is 0.672. The molecule has 3 rings (SSSR count). The minimum absolute atomic E-state index is 0.273. The van der Waals surface area contributed by atoms with Crippen LogP contribution in [0, 0.1) is 6.92 Å². The fourth-order valence-corrected chi connectivity index (χ4v) is 3.39. The third kappa shape index (κ3) is 5.04. The molecule has 6 heteroatoms. The molecule has 0 fully saturated rings. The average Bonchev–Trinajstić information content (AvgIpc) is 2.79. The largest absolute Gasteiger partial charge is 0.493 e. The summed E-state index contributed by atoms with van der Waals surface area (Å²) in [5.41, 5.74) is 3.24. The van der Waals surface area contributed by atoms with Crippen molar-refractivity contribution in [2.75, 3.05) is 19.5 Å². The zero-order valence-electron chi connectivity index (χ0n) is 18.1. The molecular weight excluding hydrogens is 392 g/mol. The molecule has 0 aromatic heterocycles. The highest BCUT2D eigenvalue weighted by atomic mass is 16.5. The molecule has 160 valence electrons. The number of ether oxygens (including phenoxy) is 2. The molecule has 0 aliphatic rings. The number of amides is 2. The summed E-state index contributed by atoms with van der Waals surface area (Å²) in [6.07, 6.45) is 0. The Bertz CT molecular complexity index is 1080. The number of aryl methyl sites for hydroxylation is 1. The van der Waals surface area contributed by atoms with Gasteiger partial charge in [0.2, 0.25) is 0 Å². The normalized spacial score (nSPS) is 11.4. The lowest BCUT2D eigenvalue weighted by Gasteiger charge is -2.20. The zero-order valence-corrected chi connectivity index (χ0v) is 18.1. The molecule has 1 unspecified atom stereocenters. The van der Waals surface area contributed by atoms with E-state index in [2.05, 4.69) is 10.6 Å². The molecule has 3 aromatic carbocycles. The molecule has 0 saturated carbocycles. The van der Waals surface area contributed by atoms with Crippen LogP contribution in [0.25, 0.3) is 0 Å². The Morgan fingerprint density at radius 1 is 0.839 bits per heavy atom. The summed E-state index contributed by atoms with van der Waals surface area (Å²) < 4.78 is 10.7. The van der Waals surface area contributed by atoms with Gasteiger partial charge in [0.05, 0.1) is 31.5 Å². The number of carbonyl (C=O) groups excluding carboxylic acids is 2. The number of para-hydroxylation sites is 1. The van der Waals surface area contributed by atoms with Crippen LogP contribution in [0.3, 0.4) is 0 Å². The van der Waals surface area contributed by atoms with Gasteiger partial charge in [-0.1, -0.05) is 30.3 Å². The molecule has 2 N–H and O–H groups in total. The molecule has 31 heavy (non-hydrogen) atoms. The van der Waals surface area contributed by atoms with Crippen molar-refractivity contribution in [3.05, 3.63) is 89.0 Å². The molecule has 3 aromatic rings. The molecular formula is C25H26N2O4. The summed E-state index contributed by atoms with van der Waals surface area (Å²) in [5, 5.41) is 5.84. The lowest BCUT2D eigenvalue weighted by Crippen LogP contribution is -2.28. The second kappa shape index (κ2) is 9.80. The molecule has 1 atom stereocenters. The standard InChI is InChI=1S/C25H26N2O4/c1-16-14-22(30-3)23(31-4)15-20(16)17(2)26-25(29)19-12-8-9-13-21(19)27-24(28)18-10-6-5-7-11-18/h5-15,17H,1-4H3,(H,26,29)(H,27,28). The first-order chi connectivity index (χ1) is 14.9. The summed E-state index contributed by atoms with van der Waals surface area (Å²) in [7, 11) is 3.16. The first kappa shape index (κ1) is 21.9. The van der Waals surface area contributed by atoms with Crippen molar-refractivity contribution in [2.24, 2.45) is 0 Å². The predicted octanol–water partition coefficient (Wildman–Crippen LogP) is 4.76. The molecule has 0 spiro atoms. The van der Waals surface area contributed by atoms with Crippen LogP contribution >= 0.6 is 0 Å². The van der Waals surface area contributed by atoms with Crippen LogP contribution < -0.4 is 20.1 Å². The van der Waals surface area contributed by atoms with E-state index in [0.29, 0.717) is 28.3 Å². The number of hydrogen-bond donors (Lipinski definition) is 2. The molecule has 2 amide bonds. The third-order valence-corrected chi connectivity index (χ3v) is 5.04. The Kier molecular flexibility index (Phi) is 6.92. The van der Waals surface area contributed by atoms with Crippen molar-refractivity contribution in [3.8, 4) is 11.5 Å². The van der Waals surface area contributed by atoms with Crippen molar-refractivity contribution in [1.29, 1.82) is 0 Å². The smallest absolute Gasteiger partial charge is 0.255 e.